The number of carbonyl (C=O) groups excluding carboxylic acids is 1. The predicted octanol–water partition coefficient (Wildman–Crippen LogP) is 9.26. The van der Waals surface area contributed by atoms with Crippen LogP contribution in [-0.4, -0.2) is 24.0 Å². The Hall–Kier alpha value is -4.37. The van der Waals surface area contributed by atoms with E-state index in [1.807, 2.05) is 65.8 Å². The smallest absolute Gasteiger partial charge is 0.449 e. The normalized spacial score (nSPS) is 12.2. The molecular formula is C37H40F3NO5. The van der Waals surface area contributed by atoms with Gasteiger partial charge in [0.05, 0.1) is 10.9 Å². The third-order valence-corrected chi connectivity index (χ3v) is 7.36. The molecule has 0 unspecified atom stereocenters. The number of halogens is 3. The number of alkyl halides is 3. The number of fused-ring (bicyclic) bond motifs is 1. The Morgan fingerprint density at radius 2 is 1.57 bits per heavy atom. The zero-order valence-corrected chi connectivity index (χ0v) is 27.2. The highest BCUT2D eigenvalue weighted by atomic mass is 19.4. The molecule has 0 bridgehead atoms. The van der Waals surface area contributed by atoms with Gasteiger partial charge in [0.1, 0.15) is 17.1 Å². The molecule has 0 saturated carbocycles. The van der Waals surface area contributed by atoms with Crippen molar-refractivity contribution in [2.45, 2.75) is 61.2 Å². The van der Waals surface area contributed by atoms with Gasteiger partial charge in [-0.2, -0.15) is 13.2 Å². The minimum Gasteiger partial charge on any atom is -0.449 e. The second-order valence-corrected chi connectivity index (χ2v) is 12.5. The molecule has 1 aromatic heterocycles. The Morgan fingerprint density at radius 1 is 0.913 bits per heavy atom. The van der Waals surface area contributed by atoms with E-state index in [9.17, 15) is 22.8 Å². The molecule has 0 aliphatic carbocycles. The first-order valence-electron chi connectivity index (χ1n) is 15.3. The summed E-state index contributed by atoms with van der Waals surface area (Å²) in [5.74, 6) is -2.71. The second kappa shape index (κ2) is 14.4. The van der Waals surface area contributed by atoms with Gasteiger partial charge in [-0.15, -0.1) is 0 Å². The molecule has 0 saturated heterocycles. The monoisotopic (exact) mass is 635 g/mol. The second-order valence-electron chi connectivity index (χ2n) is 12.5. The summed E-state index contributed by atoms with van der Waals surface area (Å²) >= 11 is 0. The van der Waals surface area contributed by atoms with Crippen molar-refractivity contribution >= 4 is 23.0 Å². The van der Waals surface area contributed by atoms with Crippen LogP contribution in [0, 0.1) is 32.6 Å². The zero-order chi connectivity index (χ0) is 33.8. The molecule has 9 heteroatoms. The average molecular weight is 636 g/mol. The van der Waals surface area contributed by atoms with Gasteiger partial charge in [-0.05, 0) is 79.6 Å². The molecule has 4 rings (SSSR count). The SMILES string of the molecule is Cc1ccc(/C=C/C(=O)Oc2ccc3c(=O)c(Oc4ccc(C)c(C)c4)c(C(F)(F)F)oc3c2CN(CC(C)C)CC(C)C)cc1. The van der Waals surface area contributed by atoms with Crippen LogP contribution in [0.3, 0.4) is 0 Å². The van der Waals surface area contributed by atoms with E-state index in [0.29, 0.717) is 13.1 Å². The minimum atomic E-state index is -5.06. The number of carbonyl (C=O) groups is 1. The van der Waals surface area contributed by atoms with Crippen LogP contribution in [0.2, 0.25) is 0 Å². The molecule has 0 aliphatic heterocycles. The number of nitrogens with zero attached hydrogens (tertiary/aromatic N) is 1. The van der Waals surface area contributed by atoms with Crippen molar-refractivity contribution in [3.63, 3.8) is 0 Å². The van der Waals surface area contributed by atoms with Gasteiger partial charge in [-0.3, -0.25) is 9.69 Å². The summed E-state index contributed by atoms with van der Waals surface area (Å²) in [7, 11) is 0. The van der Waals surface area contributed by atoms with Crippen LogP contribution in [-0.2, 0) is 17.5 Å². The summed E-state index contributed by atoms with van der Waals surface area (Å²) < 4.78 is 60.4. The molecule has 0 fully saturated rings. The number of hydrogen-bond acceptors (Lipinski definition) is 6. The van der Waals surface area contributed by atoms with Crippen molar-refractivity contribution in [2.75, 3.05) is 13.1 Å². The van der Waals surface area contributed by atoms with Gasteiger partial charge in [0.2, 0.25) is 11.2 Å². The third-order valence-electron chi connectivity index (χ3n) is 7.36. The highest BCUT2D eigenvalue weighted by Crippen LogP contribution is 2.40. The number of hydrogen-bond donors (Lipinski definition) is 0. The van der Waals surface area contributed by atoms with Crippen molar-refractivity contribution in [3.05, 3.63) is 104 Å². The molecule has 0 radical (unpaired) electrons. The van der Waals surface area contributed by atoms with E-state index in [1.54, 1.807) is 25.1 Å². The van der Waals surface area contributed by atoms with Crippen LogP contribution >= 0.6 is 0 Å². The van der Waals surface area contributed by atoms with E-state index in [1.165, 1.54) is 24.3 Å². The van der Waals surface area contributed by atoms with Gasteiger partial charge < -0.3 is 13.9 Å². The lowest BCUT2D eigenvalue weighted by Gasteiger charge is -2.27. The van der Waals surface area contributed by atoms with Crippen molar-refractivity contribution in [1.82, 2.24) is 4.90 Å². The number of benzene rings is 3. The summed E-state index contributed by atoms with van der Waals surface area (Å²) in [6, 6.07) is 15.0. The van der Waals surface area contributed by atoms with Crippen LogP contribution in [0.15, 0.2) is 69.9 Å². The highest BCUT2D eigenvalue weighted by Gasteiger charge is 2.41. The summed E-state index contributed by atoms with van der Waals surface area (Å²) in [5, 5.41) is -0.120. The Kier molecular flexibility index (Phi) is 10.8. The summed E-state index contributed by atoms with van der Waals surface area (Å²) in [6.45, 7) is 15.0. The molecular weight excluding hydrogens is 595 g/mol. The molecule has 3 aromatic carbocycles. The molecule has 6 nitrogen and oxygen atoms in total. The van der Waals surface area contributed by atoms with Crippen molar-refractivity contribution in [2.24, 2.45) is 11.8 Å². The lowest BCUT2D eigenvalue weighted by Crippen LogP contribution is -2.31. The van der Waals surface area contributed by atoms with Gasteiger partial charge in [-0.1, -0.05) is 63.6 Å². The Labute approximate surface area is 267 Å². The van der Waals surface area contributed by atoms with Crippen LogP contribution in [0.4, 0.5) is 13.2 Å². The van der Waals surface area contributed by atoms with Crippen LogP contribution in [0.1, 0.15) is 61.3 Å². The first kappa shape index (κ1) is 34.5. The molecule has 1 heterocycles. The van der Waals surface area contributed by atoms with E-state index in [0.717, 1.165) is 22.3 Å². The number of rotatable bonds is 11. The fourth-order valence-electron chi connectivity index (χ4n) is 5.14. The number of esters is 1. The Morgan fingerprint density at radius 3 is 2.15 bits per heavy atom. The van der Waals surface area contributed by atoms with E-state index >= 15 is 0 Å². The third kappa shape index (κ3) is 8.66. The van der Waals surface area contributed by atoms with Gasteiger partial charge in [0.25, 0.3) is 5.76 Å². The molecule has 4 aromatic rings. The lowest BCUT2D eigenvalue weighted by molar-refractivity contribution is -0.154. The van der Waals surface area contributed by atoms with Gasteiger partial charge in [0, 0.05) is 25.7 Å². The average Bonchev–Trinajstić information content (AvgIpc) is 2.96. The molecule has 244 valence electrons. The van der Waals surface area contributed by atoms with Crippen LogP contribution in [0.5, 0.6) is 17.2 Å². The zero-order valence-electron chi connectivity index (χ0n) is 27.2. The first-order valence-corrected chi connectivity index (χ1v) is 15.3. The van der Waals surface area contributed by atoms with E-state index < -0.39 is 29.1 Å². The number of ether oxygens (including phenoxy) is 2. The molecule has 0 N–H and O–H groups in total. The Balaban J connectivity index is 1.87. The van der Waals surface area contributed by atoms with Gasteiger partial charge in [0.15, 0.2) is 0 Å². The molecule has 0 spiro atoms. The maximum absolute atomic E-state index is 14.5. The van der Waals surface area contributed by atoms with Crippen molar-refractivity contribution in [3.8, 4) is 17.2 Å². The van der Waals surface area contributed by atoms with Crippen molar-refractivity contribution < 1.29 is 31.9 Å². The van der Waals surface area contributed by atoms with Crippen LogP contribution < -0.4 is 14.9 Å². The van der Waals surface area contributed by atoms with Crippen LogP contribution in [0.25, 0.3) is 17.0 Å². The fourth-order valence-corrected chi connectivity index (χ4v) is 5.14. The van der Waals surface area contributed by atoms with Gasteiger partial charge >= 0.3 is 12.1 Å². The molecule has 0 aliphatic rings. The summed E-state index contributed by atoms with van der Waals surface area (Å²) in [4.78, 5) is 28.8. The molecule has 46 heavy (non-hydrogen) atoms. The maximum Gasteiger partial charge on any atom is 0.453 e. The van der Waals surface area contributed by atoms with E-state index in [4.69, 9.17) is 13.9 Å². The summed E-state index contributed by atoms with van der Waals surface area (Å²) in [6.07, 6.45) is -2.22. The Bertz CT molecular complexity index is 1780. The minimum absolute atomic E-state index is 0.00247. The van der Waals surface area contributed by atoms with Gasteiger partial charge in [-0.25, -0.2) is 4.79 Å². The van der Waals surface area contributed by atoms with E-state index in [-0.39, 0.29) is 46.4 Å². The first-order chi connectivity index (χ1) is 21.6. The highest BCUT2D eigenvalue weighted by molar-refractivity contribution is 5.90. The standard InChI is InChI=1S/C37H40F3NO5/c1-22(2)19-41(20-23(3)4)21-30-31(45-32(42)17-13-27-11-8-24(5)9-12-27)16-15-29-33(43)35(36(37(38,39)40)46-34(29)30)44-28-14-10-25(6)26(7)18-28/h8-18,22-23H,19-21H2,1-7H3/b17-13+. The maximum atomic E-state index is 14.5. The fraction of sp³-hybridized carbons (Fsp3) is 0.351. The molecule has 0 atom stereocenters. The summed E-state index contributed by atoms with van der Waals surface area (Å²) in [5.41, 5.74) is 2.42. The molecule has 0 amide bonds. The largest absolute Gasteiger partial charge is 0.453 e. The van der Waals surface area contributed by atoms with Crippen molar-refractivity contribution in [1.29, 1.82) is 0 Å². The predicted molar refractivity (Wildman–Crippen MR) is 174 cm³/mol. The topological polar surface area (TPSA) is 69.0 Å². The lowest BCUT2D eigenvalue weighted by atomic mass is 10.1. The quantitative estimate of drug-likeness (QED) is 0.0930. The number of aryl methyl sites for hydroxylation is 3. The van der Waals surface area contributed by atoms with E-state index in [2.05, 4.69) is 4.90 Å².